The summed E-state index contributed by atoms with van der Waals surface area (Å²) in [6, 6.07) is 22.7. The number of hydrogen-bond donors (Lipinski definition) is 0. The number of anilines is 1. The molecule has 0 saturated carbocycles. The van der Waals surface area contributed by atoms with Gasteiger partial charge in [-0.3, -0.25) is 4.79 Å². The first-order valence-corrected chi connectivity index (χ1v) is 10.2. The third kappa shape index (κ3) is 4.47. The number of rotatable bonds is 6. The zero-order valence-electron chi connectivity index (χ0n) is 17.2. The zero-order valence-corrected chi connectivity index (χ0v) is 18.0. The lowest BCUT2D eigenvalue weighted by Crippen LogP contribution is -2.21. The number of hydrogen-bond acceptors (Lipinski definition) is 4. The molecule has 6 heteroatoms. The average molecular weight is 433 g/mol. The van der Waals surface area contributed by atoms with Crippen LogP contribution in [0.15, 0.2) is 83.5 Å². The predicted octanol–water partition coefficient (Wildman–Crippen LogP) is 5.73. The molecule has 4 rings (SSSR count). The number of nitrogens with zero attached hydrogens (tertiary/aromatic N) is 2. The second kappa shape index (κ2) is 9.06. The number of para-hydroxylation sites is 1. The first kappa shape index (κ1) is 20.7. The van der Waals surface area contributed by atoms with Gasteiger partial charge < -0.3 is 9.47 Å². The maximum Gasteiger partial charge on any atom is 0.280 e. The molecule has 0 saturated heterocycles. The van der Waals surface area contributed by atoms with Crippen LogP contribution in [0.4, 0.5) is 5.69 Å². The monoisotopic (exact) mass is 432 g/mol. The van der Waals surface area contributed by atoms with Gasteiger partial charge in [0.25, 0.3) is 5.91 Å². The largest absolute Gasteiger partial charge is 0.493 e. The minimum Gasteiger partial charge on any atom is -0.493 e. The first-order valence-electron chi connectivity index (χ1n) is 9.78. The summed E-state index contributed by atoms with van der Waals surface area (Å²) in [5, 5.41) is 6.21. The highest BCUT2D eigenvalue weighted by atomic mass is 35.5. The van der Waals surface area contributed by atoms with Gasteiger partial charge in [0.05, 0.1) is 29.1 Å². The third-order valence-electron chi connectivity index (χ3n) is 4.85. The SMILES string of the molecule is COc1cc(C=C2C(=O)N(c3ccccc3)N=C2C)cc(Cl)c1OCc1ccccc1. The van der Waals surface area contributed by atoms with Crippen molar-refractivity contribution in [3.05, 3.63) is 94.5 Å². The van der Waals surface area contributed by atoms with Gasteiger partial charge in [0, 0.05) is 0 Å². The molecule has 31 heavy (non-hydrogen) atoms. The van der Waals surface area contributed by atoms with E-state index in [-0.39, 0.29) is 5.91 Å². The van der Waals surface area contributed by atoms with Crippen LogP contribution in [0.5, 0.6) is 11.5 Å². The molecule has 0 N–H and O–H groups in total. The number of carbonyl (C=O) groups is 1. The van der Waals surface area contributed by atoms with Gasteiger partial charge >= 0.3 is 0 Å². The fraction of sp³-hybridized carbons (Fsp3) is 0.120. The Morgan fingerprint density at radius 2 is 1.71 bits per heavy atom. The molecule has 3 aromatic carbocycles. The van der Waals surface area contributed by atoms with Crippen molar-refractivity contribution in [2.45, 2.75) is 13.5 Å². The van der Waals surface area contributed by atoms with E-state index in [4.69, 9.17) is 21.1 Å². The molecule has 156 valence electrons. The molecule has 0 radical (unpaired) electrons. The fourth-order valence-electron chi connectivity index (χ4n) is 3.29. The highest BCUT2D eigenvalue weighted by Crippen LogP contribution is 2.38. The van der Waals surface area contributed by atoms with Crippen LogP contribution in [0, 0.1) is 0 Å². The molecule has 1 amide bonds. The Bertz CT molecular complexity index is 1160. The standard InChI is InChI=1S/C25H21ClN2O3/c1-17-21(25(29)28(27-17)20-11-7-4-8-12-20)13-19-14-22(26)24(23(15-19)30-2)31-16-18-9-5-3-6-10-18/h3-15H,16H2,1-2H3. The van der Waals surface area contributed by atoms with E-state index in [9.17, 15) is 4.79 Å². The van der Waals surface area contributed by atoms with Crippen LogP contribution in [0.25, 0.3) is 6.08 Å². The van der Waals surface area contributed by atoms with Gasteiger partial charge in [-0.2, -0.15) is 10.1 Å². The van der Waals surface area contributed by atoms with Gasteiger partial charge in [0.2, 0.25) is 0 Å². The molecule has 0 fully saturated rings. The summed E-state index contributed by atoms with van der Waals surface area (Å²) in [7, 11) is 1.56. The van der Waals surface area contributed by atoms with Gasteiger partial charge in [0.1, 0.15) is 6.61 Å². The summed E-state index contributed by atoms with van der Waals surface area (Å²) >= 11 is 6.50. The minimum atomic E-state index is -0.191. The maximum absolute atomic E-state index is 12.9. The number of benzene rings is 3. The predicted molar refractivity (Wildman–Crippen MR) is 124 cm³/mol. The number of carbonyl (C=O) groups excluding carboxylic acids is 1. The molecule has 1 aliphatic rings. The van der Waals surface area contributed by atoms with Crippen molar-refractivity contribution in [3.8, 4) is 11.5 Å². The molecule has 1 heterocycles. The van der Waals surface area contributed by atoms with Crippen LogP contribution < -0.4 is 14.5 Å². The molecule has 1 aliphatic heterocycles. The number of ether oxygens (including phenoxy) is 2. The summed E-state index contributed by atoms with van der Waals surface area (Å²) in [4.78, 5) is 12.9. The molecular weight excluding hydrogens is 412 g/mol. The molecule has 0 bridgehead atoms. The molecule has 0 spiro atoms. The van der Waals surface area contributed by atoms with Gasteiger partial charge in [-0.15, -0.1) is 0 Å². The third-order valence-corrected chi connectivity index (χ3v) is 5.13. The van der Waals surface area contributed by atoms with E-state index in [1.807, 2.05) is 67.6 Å². The lowest BCUT2D eigenvalue weighted by atomic mass is 10.1. The van der Waals surface area contributed by atoms with Crippen molar-refractivity contribution in [2.24, 2.45) is 5.10 Å². The van der Waals surface area contributed by atoms with Crippen LogP contribution >= 0.6 is 11.6 Å². The van der Waals surface area contributed by atoms with Crippen molar-refractivity contribution in [2.75, 3.05) is 12.1 Å². The van der Waals surface area contributed by atoms with Crippen LogP contribution in [0.3, 0.4) is 0 Å². The molecule has 0 aromatic heterocycles. The van der Waals surface area contributed by atoms with E-state index in [1.54, 1.807) is 25.3 Å². The summed E-state index contributed by atoms with van der Waals surface area (Å²) < 4.78 is 11.4. The van der Waals surface area contributed by atoms with Crippen molar-refractivity contribution >= 4 is 35.0 Å². The number of methoxy groups -OCH3 is 1. The van der Waals surface area contributed by atoms with Crippen LogP contribution in [-0.2, 0) is 11.4 Å². The minimum absolute atomic E-state index is 0.191. The lowest BCUT2D eigenvalue weighted by molar-refractivity contribution is -0.114. The van der Waals surface area contributed by atoms with Crippen molar-refractivity contribution in [1.82, 2.24) is 0 Å². The van der Waals surface area contributed by atoms with E-state index in [2.05, 4.69) is 5.10 Å². The van der Waals surface area contributed by atoms with Gasteiger partial charge in [-0.05, 0) is 48.4 Å². The van der Waals surface area contributed by atoms with E-state index < -0.39 is 0 Å². The zero-order chi connectivity index (χ0) is 21.8. The van der Waals surface area contributed by atoms with Crippen LogP contribution in [0.1, 0.15) is 18.1 Å². The Hall–Kier alpha value is -3.57. The van der Waals surface area contributed by atoms with E-state index in [0.29, 0.717) is 34.4 Å². The van der Waals surface area contributed by atoms with Crippen molar-refractivity contribution < 1.29 is 14.3 Å². The number of amides is 1. The van der Waals surface area contributed by atoms with E-state index >= 15 is 0 Å². The van der Waals surface area contributed by atoms with Gasteiger partial charge in [-0.1, -0.05) is 60.1 Å². The summed E-state index contributed by atoms with van der Waals surface area (Å²) in [5.41, 5.74) is 3.60. The quantitative estimate of drug-likeness (QED) is 0.467. The Morgan fingerprint density at radius 1 is 1.03 bits per heavy atom. The lowest BCUT2D eigenvalue weighted by Gasteiger charge is -2.14. The Morgan fingerprint density at radius 3 is 2.39 bits per heavy atom. The van der Waals surface area contributed by atoms with Crippen LogP contribution in [0.2, 0.25) is 5.02 Å². The highest BCUT2D eigenvalue weighted by Gasteiger charge is 2.28. The topological polar surface area (TPSA) is 51.1 Å². The Balaban J connectivity index is 1.60. The van der Waals surface area contributed by atoms with Crippen molar-refractivity contribution in [3.63, 3.8) is 0 Å². The fourth-order valence-corrected chi connectivity index (χ4v) is 3.56. The smallest absolute Gasteiger partial charge is 0.280 e. The second-order valence-electron chi connectivity index (χ2n) is 7.00. The number of halogens is 1. The molecule has 0 unspecified atom stereocenters. The summed E-state index contributed by atoms with van der Waals surface area (Å²) in [6.45, 7) is 2.18. The maximum atomic E-state index is 12.9. The van der Waals surface area contributed by atoms with E-state index in [0.717, 1.165) is 16.8 Å². The number of hydrazone groups is 1. The van der Waals surface area contributed by atoms with E-state index in [1.165, 1.54) is 5.01 Å². The average Bonchev–Trinajstić information content (AvgIpc) is 3.07. The molecule has 0 aliphatic carbocycles. The molecular formula is C25H21ClN2O3. The molecule has 5 nitrogen and oxygen atoms in total. The molecule has 3 aromatic rings. The van der Waals surface area contributed by atoms with Crippen LogP contribution in [-0.4, -0.2) is 18.7 Å². The summed E-state index contributed by atoms with van der Waals surface area (Å²) in [5.74, 6) is 0.766. The Labute approximate surface area is 186 Å². The van der Waals surface area contributed by atoms with Crippen molar-refractivity contribution in [1.29, 1.82) is 0 Å². The Kier molecular flexibility index (Phi) is 6.05. The summed E-state index contributed by atoms with van der Waals surface area (Å²) in [6.07, 6.45) is 1.76. The highest BCUT2D eigenvalue weighted by molar-refractivity contribution is 6.33. The van der Waals surface area contributed by atoms with Gasteiger partial charge in [-0.25, -0.2) is 0 Å². The first-order chi connectivity index (χ1) is 15.1. The molecule has 0 atom stereocenters. The van der Waals surface area contributed by atoms with Gasteiger partial charge in [0.15, 0.2) is 11.5 Å². The normalized spacial score (nSPS) is 14.7. The second-order valence-corrected chi connectivity index (χ2v) is 7.41.